The molecule has 0 atom stereocenters. The van der Waals surface area contributed by atoms with Crippen molar-refractivity contribution in [1.82, 2.24) is 0 Å². The highest BCUT2D eigenvalue weighted by atomic mass is 35.5. The summed E-state index contributed by atoms with van der Waals surface area (Å²) in [6.07, 6.45) is 2.63. The van der Waals surface area contributed by atoms with Crippen molar-refractivity contribution < 1.29 is 4.42 Å². The van der Waals surface area contributed by atoms with E-state index >= 15 is 0 Å². The maximum Gasteiger partial charge on any atom is 0.110 e. The van der Waals surface area contributed by atoms with Crippen LogP contribution in [0.3, 0.4) is 0 Å². The van der Waals surface area contributed by atoms with Crippen LogP contribution in [0.15, 0.2) is 16.9 Å². The molecule has 1 aromatic heterocycles. The average molecular weight is 128 g/mol. The Kier molecular flexibility index (Phi) is 1.23. The number of hydrogen-bond acceptors (Lipinski definition) is 2. The number of furan rings is 1. The van der Waals surface area contributed by atoms with E-state index in [1.54, 1.807) is 0 Å². The Morgan fingerprint density at radius 2 is 2.38 bits per heavy atom. The summed E-state index contributed by atoms with van der Waals surface area (Å²) in [5.74, 6) is 0. The predicted molar refractivity (Wildman–Crippen MR) is 28.4 cm³/mol. The maximum atomic E-state index is 8.21. The van der Waals surface area contributed by atoms with Gasteiger partial charge in [0.1, 0.15) is 24.2 Å². The molecule has 0 N–H and O–H groups in total. The largest absolute Gasteiger partial charge is 0.470 e. The van der Waals surface area contributed by atoms with Crippen molar-refractivity contribution in [2.24, 2.45) is 0 Å². The topological polar surface area (TPSA) is 36.9 Å². The third kappa shape index (κ3) is 0.682. The molecule has 0 bridgehead atoms. The number of halogens is 1. The van der Waals surface area contributed by atoms with Crippen molar-refractivity contribution >= 4 is 11.6 Å². The molecular formula is C5H2ClNO. The fourth-order valence-corrected chi connectivity index (χ4v) is 0.500. The summed E-state index contributed by atoms with van der Waals surface area (Å²) in [6, 6.07) is 1.85. The average Bonchev–Trinajstić information content (AvgIpc) is 2.14. The monoisotopic (exact) mass is 127 g/mol. The fourth-order valence-electron chi connectivity index (χ4n) is 0.361. The summed E-state index contributed by atoms with van der Waals surface area (Å²) in [7, 11) is 0. The van der Waals surface area contributed by atoms with Gasteiger partial charge in [-0.3, -0.25) is 0 Å². The molecule has 0 spiro atoms. The summed E-state index contributed by atoms with van der Waals surface area (Å²) >= 11 is 5.42. The highest BCUT2D eigenvalue weighted by molar-refractivity contribution is 6.31. The smallest absolute Gasteiger partial charge is 0.110 e. The third-order valence-corrected chi connectivity index (χ3v) is 1.03. The molecule has 1 rings (SSSR count). The summed E-state index contributed by atoms with van der Waals surface area (Å²) in [5, 5.41) is 8.58. The van der Waals surface area contributed by atoms with Gasteiger partial charge in [-0.25, -0.2) is 0 Å². The van der Waals surface area contributed by atoms with Crippen molar-refractivity contribution in [2.75, 3.05) is 0 Å². The van der Waals surface area contributed by atoms with Gasteiger partial charge in [0.25, 0.3) is 0 Å². The van der Waals surface area contributed by atoms with Crippen LogP contribution in [0.1, 0.15) is 5.56 Å². The molecule has 0 aliphatic rings. The predicted octanol–water partition coefficient (Wildman–Crippen LogP) is 1.80. The lowest BCUT2D eigenvalue weighted by Crippen LogP contribution is -1.60. The van der Waals surface area contributed by atoms with Crippen LogP contribution < -0.4 is 0 Å². The Morgan fingerprint density at radius 3 is 2.62 bits per heavy atom. The zero-order valence-electron chi connectivity index (χ0n) is 3.89. The first-order chi connectivity index (χ1) is 3.84. The van der Waals surface area contributed by atoms with Crippen molar-refractivity contribution in [3.05, 3.63) is 23.1 Å². The molecule has 1 heterocycles. The van der Waals surface area contributed by atoms with Gasteiger partial charge >= 0.3 is 0 Å². The molecule has 0 amide bonds. The van der Waals surface area contributed by atoms with Gasteiger partial charge in [-0.15, -0.1) is 0 Å². The number of hydrogen-bond donors (Lipinski definition) is 0. The molecular weight excluding hydrogens is 126 g/mol. The maximum absolute atomic E-state index is 8.21. The van der Waals surface area contributed by atoms with Gasteiger partial charge in [0, 0.05) is 0 Å². The first-order valence-corrected chi connectivity index (χ1v) is 2.34. The van der Waals surface area contributed by atoms with E-state index in [1.165, 1.54) is 12.5 Å². The van der Waals surface area contributed by atoms with Crippen molar-refractivity contribution in [2.45, 2.75) is 0 Å². The minimum Gasteiger partial charge on any atom is -0.470 e. The summed E-state index contributed by atoms with van der Waals surface area (Å²) < 4.78 is 4.58. The molecule has 0 aliphatic carbocycles. The Balaban J connectivity index is 3.15. The lowest BCUT2D eigenvalue weighted by molar-refractivity contribution is 0.566. The van der Waals surface area contributed by atoms with Crippen LogP contribution in [-0.2, 0) is 0 Å². The first-order valence-electron chi connectivity index (χ1n) is 1.96. The Hall–Kier alpha value is -0.940. The van der Waals surface area contributed by atoms with Crippen LogP contribution in [0, 0.1) is 11.3 Å². The zero-order valence-corrected chi connectivity index (χ0v) is 4.64. The summed E-state index contributed by atoms with van der Waals surface area (Å²) in [6.45, 7) is 0. The second-order valence-corrected chi connectivity index (χ2v) is 1.65. The van der Waals surface area contributed by atoms with Gasteiger partial charge in [0.15, 0.2) is 0 Å². The molecule has 0 aliphatic heterocycles. The van der Waals surface area contributed by atoms with Gasteiger partial charge in [-0.1, -0.05) is 11.6 Å². The van der Waals surface area contributed by atoms with E-state index in [1.807, 2.05) is 6.07 Å². The van der Waals surface area contributed by atoms with E-state index in [2.05, 4.69) is 4.42 Å². The Labute approximate surface area is 51.3 Å². The molecule has 0 fully saturated rings. The quantitative estimate of drug-likeness (QED) is 0.533. The van der Waals surface area contributed by atoms with Crippen molar-refractivity contribution in [1.29, 1.82) is 5.26 Å². The first kappa shape index (κ1) is 5.20. The summed E-state index contributed by atoms with van der Waals surface area (Å²) in [5.41, 5.74) is 0.381. The van der Waals surface area contributed by atoms with Crippen LogP contribution in [0.25, 0.3) is 0 Å². The van der Waals surface area contributed by atoms with E-state index in [0.717, 1.165) is 0 Å². The van der Waals surface area contributed by atoms with Crippen LogP contribution >= 0.6 is 11.6 Å². The van der Waals surface area contributed by atoms with Crippen LogP contribution in [-0.4, -0.2) is 0 Å². The van der Waals surface area contributed by atoms with E-state index in [9.17, 15) is 0 Å². The Morgan fingerprint density at radius 1 is 1.62 bits per heavy atom. The van der Waals surface area contributed by atoms with Crippen LogP contribution in [0.4, 0.5) is 0 Å². The number of nitrogens with zero attached hydrogens (tertiary/aromatic N) is 1. The molecule has 1 aromatic rings. The van der Waals surface area contributed by atoms with Gasteiger partial charge < -0.3 is 4.42 Å². The van der Waals surface area contributed by atoms with Gasteiger partial charge in [-0.2, -0.15) is 5.26 Å². The van der Waals surface area contributed by atoms with Gasteiger partial charge in [-0.05, 0) is 0 Å². The SMILES string of the molecule is N#Cc1cocc1Cl. The summed E-state index contributed by atoms with van der Waals surface area (Å²) in [4.78, 5) is 0. The second-order valence-electron chi connectivity index (χ2n) is 1.25. The third-order valence-electron chi connectivity index (χ3n) is 0.735. The molecule has 0 unspecified atom stereocenters. The zero-order chi connectivity index (χ0) is 5.98. The molecule has 0 saturated carbocycles. The highest BCUT2D eigenvalue weighted by Crippen LogP contribution is 2.14. The van der Waals surface area contributed by atoms with E-state index in [0.29, 0.717) is 10.6 Å². The lowest BCUT2D eigenvalue weighted by atomic mass is 10.4. The van der Waals surface area contributed by atoms with Crippen LogP contribution in [0.2, 0.25) is 5.02 Å². The second kappa shape index (κ2) is 1.89. The molecule has 40 valence electrons. The minimum atomic E-state index is 0.368. The van der Waals surface area contributed by atoms with E-state index in [4.69, 9.17) is 16.9 Å². The highest BCUT2D eigenvalue weighted by Gasteiger charge is 1.97. The standard InChI is InChI=1S/C5H2ClNO/c6-5-3-8-2-4(5)1-7/h2-3H. The molecule has 0 radical (unpaired) electrons. The normalized spacial score (nSPS) is 8.50. The number of rotatable bonds is 0. The van der Waals surface area contributed by atoms with Gasteiger partial charge in [0.2, 0.25) is 0 Å². The molecule has 0 aromatic carbocycles. The Bertz CT molecular complexity index is 223. The molecule has 3 heteroatoms. The molecule has 8 heavy (non-hydrogen) atoms. The van der Waals surface area contributed by atoms with Crippen molar-refractivity contribution in [3.63, 3.8) is 0 Å². The minimum absolute atomic E-state index is 0.368. The fraction of sp³-hybridized carbons (Fsp3) is 0. The van der Waals surface area contributed by atoms with Gasteiger partial charge in [0.05, 0.1) is 5.02 Å². The van der Waals surface area contributed by atoms with E-state index in [-0.39, 0.29) is 0 Å². The van der Waals surface area contributed by atoms with E-state index < -0.39 is 0 Å². The lowest BCUT2D eigenvalue weighted by Gasteiger charge is -1.70. The molecule has 0 saturated heterocycles. The van der Waals surface area contributed by atoms with Crippen molar-refractivity contribution in [3.8, 4) is 6.07 Å². The molecule has 2 nitrogen and oxygen atoms in total. The van der Waals surface area contributed by atoms with Crippen LogP contribution in [0.5, 0.6) is 0 Å². The number of nitriles is 1.